The van der Waals surface area contributed by atoms with Crippen LogP contribution in [0.5, 0.6) is 0 Å². The van der Waals surface area contributed by atoms with Gasteiger partial charge in [0, 0.05) is 17.7 Å². The van der Waals surface area contributed by atoms with Crippen molar-refractivity contribution in [3.63, 3.8) is 0 Å². The van der Waals surface area contributed by atoms with E-state index in [-0.39, 0.29) is 4.77 Å². The molecule has 1 fully saturated rings. The number of aliphatic hydroxyl groups excluding tert-OH is 1. The van der Waals surface area contributed by atoms with Gasteiger partial charge in [0.2, 0.25) is 0 Å². The SMILES string of the molecule is Cc1cn([C@H]2O[C@@H](COP(=O)(O)OP(=O)(O)OP(=O)(O)O)C(O)[C@H]2C)c(=S)[nH]c1=O. The van der Waals surface area contributed by atoms with Crippen LogP contribution in [0.15, 0.2) is 11.0 Å². The van der Waals surface area contributed by atoms with Crippen LogP contribution in [0.2, 0.25) is 0 Å². The van der Waals surface area contributed by atoms with Gasteiger partial charge in [0.25, 0.3) is 5.56 Å². The molecule has 1 aromatic heterocycles. The van der Waals surface area contributed by atoms with Crippen LogP contribution in [0.1, 0.15) is 18.7 Å². The van der Waals surface area contributed by atoms with Gasteiger partial charge in [-0.1, -0.05) is 6.92 Å². The third-order valence-electron chi connectivity index (χ3n) is 3.92. The summed E-state index contributed by atoms with van der Waals surface area (Å²) in [6, 6.07) is 0. The quantitative estimate of drug-likeness (QED) is 0.205. The molecule has 2 heterocycles. The van der Waals surface area contributed by atoms with Crippen LogP contribution >= 0.6 is 35.7 Å². The van der Waals surface area contributed by atoms with Gasteiger partial charge >= 0.3 is 23.5 Å². The summed E-state index contributed by atoms with van der Waals surface area (Å²) in [5, 5.41) is 10.3. The summed E-state index contributed by atoms with van der Waals surface area (Å²) in [7, 11) is -16.5. The number of phosphoric ester groups is 1. The van der Waals surface area contributed by atoms with Gasteiger partial charge in [-0.2, -0.15) is 8.62 Å². The van der Waals surface area contributed by atoms with Crippen molar-refractivity contribution in [2.24, 2.45) is 5.92 Å². The topological polar surface area (TPSA) is 227 Å². The van der Waals surface area contributed by atoms with Crippen LogP contribution in [0.4, 0.5) is 0 Å². The van der Waals surface area contributed by atoms with Crippen LogP contribution in [0.3, 0.4) is 0 Å². The maximum Gasteiger partial charge on any atom is 0.490 e. The fourth-order valence-electron chi connectivity index (χ4n) is 2.59. The van der Waals surface area contributed by atoms with E-state index in [2.05, 4.69) is 18.1 Å². The normalized spacial score (nSPS) is 28.8. The van der Waals surface area contributed by atoms with Crippen molar-refractivity contribution < 1.29 is 56.3 Å². The van der Waals surface area contributed by atoms with Crippen molar-refractivity contribution in [3.8, 4) is 0 Å². The Labute approximate surface area is 173 Å². The number of aromatic nitrogens is 2. The fraction of sp³-hybridized carbons (Fsp3) is 0.636. The average molecular weight is 512 g/mol. The van der Waals surface area contributed by atoms with Crippen molar-refractivity contribution in [3.05, 3.63) is 26.9 Å². The Morgan fingerprint density at radius 2 is 1.80 bits per heavy atom. The number of rotatable bonds is 8. The lowest BCUT2D eigenvalue weighted by atomic mass is 10.0. The number of hydrogen-bond acceptors (Lipinski definition) is 10. The lowest BCUT2D eigenvalue weighted by molar-refractivity contribution is -0.0461. The monoisotopic (exact) mass is 512 g/mol. The fourth-order valence-corrected chi connectivity index (χ4v) is 5.87. The van der Waals surface area contributed by atoms with E-state index in [0.717, 1.165) is 0 Å². The number of H-pyrrole nitrogens is 1. The molecule has 172 valence electrons. The molecule has 0 saturated carbocycles. The van der Waals surface area contributed by atoms with Gasteiger partial charge in [0.1, 0.15) is 12.3 Å². The molecule has 0 amide bonds. The van der Waals surface area contributed by atoms with Crippen LogP contribution < -0.4 is 5.56 Å². The summed E-state index contributed by atoms with van der Waals surface area (Å²) in [5.41, 5.74) is -0.0998. The van der Waals surface area contributed by atoms with Gasteiger partial charge in [-0.15, -0.1) is 0 Å². The molecule has 1 aliphatic heterocycles. The molecule has 3 unspecified atom stereocenters. The summed E-state index contributed by atoms with van der Waals surface area (Å²) in [6.07, 6.45) is -1.97. The molecule has 0 aliphatic carbocycles. The van der Waals surface area contributed by atoms with Gasteiger partial charge in [-0.3, -0.25) is 18.9 Å². The highest BCUT2D eigenvalue weighted by molar-refractivity contribution is 7.71. The number of hydrogen-bond donors (Lipinski definition) is 6. The summed E-state index contributed by atoms with van der Waals surface area (Å²) in [6.45, 7) is 2.27. The minimum atomic E-state index is -5.66. The van der Waals surface area contributed by atoms with Gasteiger partial charge in [0.15, 0.2) is 4.77 Å². The maximum atomic E-state index is 11.8. The first-order valence-corrected chi connectivity index (χ1v) is 12.9. The van der Waals surface area contributed by atoms with E-state index >= 15 is 0 Å². The largest absolute Gasteiger partial charge is 0.490 e. The summed E-state index contributed by atoms with van der Waals surface area (Å²) < 4.78 is 52.4. The molecule has 1 saturated heterocycles. The second-order valence-electron chi connectivity index (χ2n) is 6.28. The predicted molar refractivity (Wildman–Crippen MR) is 99.5 cm³/mol. The molecule has 0 spiro atoms. The molecule has 6 atom stereocenters. The third kappa shape index (κ3) is 6.71. The number of nitrogens with one attached hydrogen (secondary N) is 1. The molecule has 0 radical (unpaired) electrons. The number of aliphatic hydroxyl groups is 1. The minimum Gasteiger partial charge on any atom is -0.390 e. The highest BCUT2D eigenvalue weighted by Crippen LogP contribution is 2.66. The molecular weight excluding hydrogens is 493 g/mol. The molecule has 1 aromatic rings. The van der Waals surface area contributed by atoms with E-state index in [1.807, 2.05) is 0 Å². The Balaban J connectivity index is 2.09. The van der Waals surface area contributed by atoms with Crippen molar-refractivity contribution >= 4 is 35.7 Å². The van der Waals surface area contributed by atoms with E-state index < -0.39 is 60.0 Å². The molecule has 15 nitrogen and oxygen atoms in total. The first-order chi connectivity index (χ1) is 13.5. The van der Waals surface area contributed by atoms with Crippen LogP contribution in [0.25, 0.3) is 0 Å². The zero-order valence-electron chi connectivity index (χ0n) is 15.3. The van der Waals surface area contributed by atoms with Crippen molar-refractivity contribution in [1.82, 2.24) is 9.55 Å². The van der Waals surface area contributed by atoms with E-state index in [0.29, 0.717) is 5.56 Å². The molecule has 6 N–H and O–H groups in total. The van der Waals surface area contributed by atoms with E-state index in [1.165, 1.54) is 17.7 Å². The molecule has 19 heteroatoms. The molecule has 1 aliphatic rings. The average Bonchev–Trinajstić information content (AvgIpc) is 2.81. The highest BCUT2D eigenvalue weighted by Gasteiger charge is 2.45. The van der Waals surface area contributed by atoms with Crippen molar-refractivity contribution in [2.45, 2.75) is 32.3 Å². The van der Waals surface area contributed by atoms with Gasteiger partial charge in [0.05, 0.1) is 12.7 Å². The van der Waals surface area contributed by atoms with Gasteiger partial charge in [-0.25, -0.2) is 13.7 Å². The predicted octanol–water partition coefficient (Wildman–Crippen LogP) is 0.452. The number of nitrogens with zero attached hydrogens (tertiary/aromatic N) is 1. The van der Waals surface area contributed by atoms with E-state index in [1.54, 1.807) is 6.92 Å². The summed E-state index contributed by atoms with van der Waals surface area (Å²) in [5.74, 6) is -0.628. The Kier molecular flexibility index (Phi) is 7.81. The Hall–Kier alpha value is -0.570. The molecule has 0 aromatic carbocycles. The van der Waals surface area contributed by atoms with E-state index in [4.69, 9.17) is 31.6 Å². The first-order valence-electron chi connectivity index (χ1n) is 7.95. The van der Waals surface area contributed by atoms with Crippen molar-refractivity contribution in [2.75, 3.05) is 6.61 Å². The maximum absolute atomic E-state index is 11.8. The minimum absolute atomic E-state index is 0.00295. The van der Waals surface area contributed by atoms with Gasteiger partial charge < -0.3 is 29.4 Å². The number of aromatic amines is 1. The van der Waals surface area contributed by atoms with Crippen molar-refractivity contribution in [1.29, 1.82) is 0 Å². The second kappa shape index (κ2) is 9.12. The molecule has 0 bridgehead atoms. The molecular formula is C11H19N2O13P3S. The first kappa shape index (κ1) is 25.7. The summed E-state index contributed by atoms with van der Waals surface area (Å²) in [4.78, 5) is 49.6. The van der Waals surface area contributed by atoms with Crippen LogP contribution in [-0.2, 0) is 31.6 Å². The lowest BCUT2D eigenvalue weighted by Gasteiger charge is -2.20. The Morgan fingerprint density at radius 1 is 1.20 bits per heavy atom. The second-order valence-corrected chi connectivity index (χ2v) is 11.1. The smallest absolute Gasteiger partial charge is 0.390 e. The third-order valence-corrected chi connectivity index (χ3v) is 8.04. The highest BCUT2D eigenvalue weighted by atomic mass is 32.1. The molecule has 2 rings (SSSR count). The lowest BCUT2D eigenvalue weighted by Crippen LogP contribution is -2.29. The Bertz CT molecular complexity index is 1050. The number of phosphoric acid groups is 3. The van der Waals surface area contributed by atoms with Gasteiger partial charge in [-0.05, 0) is 19.1 Å². The van der Waals surface area contributed by atoms with Crippen LogP contribution in [-0.4, -0.2) is 53.0 Å². The van der Waals surface area contributed by atoms with Crippen LogP contribution in [0, 0.1) is 17.6 Å². The number of ether oxygens (including phenoxy) is 1. The molecule has 30 heavy (non-hydrogen) atoms. The van der Waals surface area contributed by atoms with E-state index in [9.17, 15) is 28.5 Å². The standard InChI is InChI=1S/C11H19N2O13P3S/c1-5-3-13(11(30)12-9(5)15)10-6(2)8(14)7(24-10)4-23-28(19,20)26-29(21,22)25-27(16,17)18/h3,6-8,10,14H,4H2,1-2H3,(H,19,20)(H,21,22)(H,12,15,30)(H2,16,17,18)/t6-,7+,8?,10+/m1/s1. The Morgan fingerprint density at radius 3 is 2.37 bits per heavy atom. The zero-order valence-corrected chi connectivity index (χ0v) is 18.8. The zero-order chi connectivity index (χ0) is 23.1. The summed E-state index contributed by atoms with van der Waals surface area (Å²) >= 11 is 5.07. The number of aryl methyl sites for hydroxylation is 1.